The maximum absolute atomic E-state index is 12.2. The van der Waals surface area contributed by atoms with E-state index in [0.29, 0.717) is 0 Å². The smallest absolute Gasteiger partial charge is 0.339 e. The van der Waals surface area contributed by atoms with Gasteiger partial charge < -0.3 is 15.5 Å². The number of nitrogens with one attached hydrogen (secondary N) is 1. The van der Waals surface area contributed by atoms with Crippen molar-refractivity contribution in [1.29, 1.82) is 0 Å². The van der Waals surface area contributed by atoms with E-state index in [1.807, 2.05) is 0 Å². The highest BCUT2D eigenvalue weighted by molar-refractivity contribution is 7.89. The molecule has 1 amide bonds. The molecular formula is C12H16N2O6S. The zero-order valence-corrected chi connectivity index (χ0v) is 12.3. The van der Waals surface area contributed by atoms with Crippen molar-refractivity contribution in [2.75, 3.05) is 20.6 Å². The van der Waals surface area contributed by atoms with E-state index < -0.39 is 27.3 Å². The molecule has 0 heterocycles. The number of hydrogen-bond donors (Lipinski definition) is 3. The van der Waals surface area contributed by atoms with Crippen molar-refractivity contribution in [2.45, 2.75) is 11.3 Å². The van der Waals surface area contributed by atoms with Crippen LogP contribution in [0.1, 0.15) is 16.8 Å². The Hall–Kier alpha value is -2.13. The lowest BCUT2D eigenvalue weighted by Gasteiger charge is -2.17. The molecule has 3 N–H and O–H groups in total. The number of rotatable bonds is 6. The number of phenols is 1. The monoisotopic (exact) mass is 316 g/mol. The topological polar surface area (TPSA) is 124 Å². The number of carboxylic acids is 1. The van der Waals surface area contributed by atoms with Crippen molar-refractivity contribution in [2.24, 2.45) is 0 Å². The van der Waals surface area contributed by atoms with Crippen LogP contribution < -0.4 is 5.32 Å². The van der Waals surface area contributed by atoms with Gasteiger partial charge in [0.15, 0.2) is 0 Å². The molecule has 0 atom stereocenters. The van der Waals surface area contributed by atoms with Crippen molar-refractivity contribution in [3.63, 3.8) is 0 Å². The number of nitrogens with zero attached hydrogens (tertiary/aromatic N) is 1. The Kier molecular flexibility index (Phi) is 5.28. The Morgan fingerprint density at radius 2 is 1.95 bits per heavy atom. The van der Waals surface area contributed by atoms with Gasteiger partial charge in [0.1, 0.15) is 11.3 Å². The number of carboxylic acid groups (broad SMARTS) is 1. The molecule has 0 saturated heterocycles. The van der Waals surface area contributed by atoms with Crippen molar-refractivity contribution < 1.29 is 28.2 Å². The van der Waals surface area contributed by atoms with E-state index in [2.05, 4.69) is 5.32 Å². The lowest BCUT2D eigenvalue weighted by Crippen LogP contribution is -2.31. The fraction of sp³-hybridized carbons (Fsp3) is 0.333. The molecule has 1 aromatic carbocycles. The SMILES string of the molecule is CNC(=O)CCN(C)S(=O)(=O)c1ccc(O)c(C(=O)O)c1. The van der Waals surface area contributed by atoms with Gasteiger partial charge in [0.2, 0.25) is 15.9 Å². The van der Waals surface area contributed by atoms with E-state index in [0.717, 1.165) is 22.5 Å². The molecule has 0 radical (unpaired) electrons. The maximum Gasteiger partial charge on any atom is 0.339 e. The first kappa shape index (κ1) is 16.9. The number of aromatic carboxylic acids is 1. The van der Waals surface area contributed by atoms with Crippen LogP contribution in [-0.2, 0) is 14.8 Å². The van der Waals surface area contributed by atoms with Crippen molar-refractivity contribution >= 4 is 21.9 Å². The number of amides is 1. The van der Waals surface area contributed by atoms with E-state index in [-0.39, 0.29) is 23.8 Å². The minimum Gasteiger partial charge on any atom is -0.507 e. The molecule has 0 saturated carbocycles. The van der Waals surface area contributed by atoms with Gasteiger partial charge in [-0.2, -0.15) is 0 Å². The van der Waals surface area contributed by atoms with Crippen molar-refractivity contribution in [3.05, 3.63) is 23.8 Å². The predicted octanol–water partition coefficient (Wildman–Crippen LogP) is -0.153. The minimum atomic E-state index is -3.94. The van der Waals surface area contributed by atoms with Crippen molar-refractivity contribution in [3.8, 4) is 5.75 Å². The fourth-order valence-corrected chi connectivity index (χ4v) is 2.73. The number of sulfonamides is 1. The summed E-state index contributed by atoms with van der Waals surface area (Å²) in [5, 5.41) is 20.6. The highest BCUT2D eigenvalue weighted by atomic mass is 32.2. The van der Waals surface area contributed by atoms with Crippen LogP contribution in [0.5, 0.6) is 5.75 Å². The van der Waals surface area contributed by atoms with Gasteiger partial charge in [0.05, 0.1) is 4.90 Å². The molecule has 0 bridgehead atoms. The molecule has 0 aliphatic rings. The van der Waals surface area contributed by atoms with Gasteiger partial charge in [-0.15, -0.1) is 0 Å². The molecule has 8 nitrogen and oxygen atoms in total. The summed E-state index contributed by atoms with van der Waals surface area (Å²) in [6.45, 7) is -0.0503. The van der Waals surface area contributed by atoms with Crippen LogP contribution in [0.4, 0.5) is 0 Å². The van der Waals surface area contributed by atoms with Crippen molar-refractivity contribution in [1.82, 2.24) is 9.62 Å². The third-order valence-electron chi connectivity index (χ3n) is 2.84. The third-order valence-corrected chi connectivity index (χ3v) is 4.69. The van der Waals surface area contributed by atoms with Gasteiger partial charge >= 0.3 is 5.97 Å². The second kappa shape index (κ2) is 6.55. The molecule has 0 unspecified atom stereocenters. The van der Waals surface area contributed by atoms with Gasteiger partial charge in [-0.25, -0.2) is 17.5 Å². The zero-order chi connectivity index (χ0) is 16.2. The summed E-state index contributed by atoms with van der Waals surface area (Å²) >= 11 is 0. The van der Waals surface area contributed by atoms with E-state index >= 15 is 0 Å². The lowest BCUT2D eigenvalue weighted by atomic mass is 10.2. The summed E-state index contributed by atoms with van der Waals surface area (Å²) < 4.78 is 25.4. The Labute approximate surface area is 122 Å². The number of carbonyl (C=O) groups is 2. The van der Waals surface area contributed by atoms with Gasteiger partial charge in [-0.3, -0.25) is 4.79 Å². The highest BCUT2D eigenvalue weighted by Gasteiger charge is 2.23. The Balaban J connectivity index is 3.05. The molecule has 0 aliphatic carbocycles. The second-order valence-electron chi connectivity index (χ2n) is 4.23. The quantitative estimate of drug-likeness (QED) is 0.670. The fourth-order valence-electron chi connectivity index (χ4n) is 1.53. The lowest BCUT2D eigenvalue weighted by molar-refractivity contribution is -0.120. The van der Waals surface area contributed by atoms with Gasteiger partial charge in [-0.05, 0) is 18.2 Å². The van der Waals surface area contributed by atoms with Crippen LogP contribution in [0.25, 0.3) is 0 Å². The summed E-state index contributed by atoms with van der Waals surface area (Å²) in [6, 6.07) is 2.99. The maximum atomic E-state index is 12.2. The number of carbonyl (C=O) groups excluding carboxylic acids is 1. The van der Waals surface area contributed by atoms with E-state index in [9.17, 15) is 23.1 Å². The Bertz CT molecular complexity index is 656. The van der Waals surface area contributed by atoms with Crippen LogP contribution in [-0.4, -0.2) is 55.5 Å². The minimum absolute atomic E-state index is 0.0178. The van der Waals surface area contributed by atoms with E-state index in [4.69, 9.17) is 5.11 Å². The molecule has 0 spiro atoms. The number of hydrogen-bond acceptors (Lipinski definition) is 5. The molecule has 1 rings (SSSR count). The summed E-state index contributed by atoms with van der Waals surface area (Å²) in [5.41, 5.74) is -0.504. The largest absolute Gasteiger partial charge is 0.507 e. The van der Waals surface area contributed by atoms with Gasteiger partial charge in [0, 0.05) is 27.1 Å². The molecule has 0 fully saturated rings. The van der Waals surface area contributed by atoms with Crippen LogP contribution >= 0.6 is 0 Å². The first-order valence-corrected chi connectivity index (χ1v) is 7.37. The van der Waals surface area contributed by atoms with Crippen LogP contribution in [0.2, 0.25) is 0 Å². The molecule has 0 aliphatic heterocycles. The number of benzene rings is 1. The molecule has 116 valence electrons. The Morgan fingerprint density at radius 1 is 1.33 bits per heavy atom. The summed E-state index contributed by atoms with van der Waals surface area (Å²) in [4.78, 5) is 21.8. The zero-order valence-electron chi connectivity index (χ0n) is 11.5. The average molecular weight is 316 g/mol. The average Bonchev–Trinajstić information content (AvgIpc) is 2.43. The Morgan fingerprint density at radius 3 is 2.48 bits per heavy atom. The summed E-state index contributed by atoms with van der Waals surface area (Å²) in [7, 11) is -1.21. The first-order valence-electron chi connectivity index (χ1n) is 5.93. The van der Waals surface area contributed by atoms with Gasteiger partial charge in [0.25, 0.3) is 0 Å². The highest BCUT2D eigenvalue weighted by Crippen LogP contribution is 2.23. The molecule has 0 aromatic heterocycles. The predicted molar refractivity (Wildman–Crippen MR) is 73.6 cm³/mol. The van der Waals surface area contributed by atoms with Crippen LogP contribution in [0.15, 0.2) is 23.1 Å². The standard InChI is InChI=1S/C12H16N2O6S/c1-13-11(16)5-6-14(2)21(19,20)8-3-4-10(15)9(7-8)12(17)18/h3-4,7,15H,5-6H2,1-2H3,(H,13,16)(H,17,18). The summed E-state index contributed by atoms with van der Waals surface area (Å²) in [5.74, 6) is -2.26. The summed E-state index contributed by atoms with van der Waals surface area (Å²) in [6.07, 6.45) is -0.0178. The molecular weight excluding hydrogens is 300 g/mol. The molecule has 21 heavy (non-hydrogen) atoms. The molecule has 9 heteroatoms. The normalized spacial score (nSPS) is 11.4. The number of aromatic hydroxyl groups is 1. The first-order chi connectivity index (χ1) is 9.70. The third kappa shape index (κ3) is 3.92. The van der Waals surface area contributed by atoms with Crippen LogP contribution in [0, 0.1) is 0 Å². The molecule has 1 aromatic rings. The van der Waals surface area contributed by atoms with Gasteiger partial charge in [-0.1, -0.05) is 0 Å². The van der Waals surface area contributed by atoms with Crippen LogP contribution in [0.3, 0.4) is 0 Å². The van der Waals surface area contributed by atoms with E-state index in [1.54, 1.807) is 0 Å². The van der Waals surface area contributed by atoms with E-state index in [1.165, 1.54) is 14.1 Å². The second-order valence-corrected chi connectivity index (χ2v) is 6.28.